The van der Waals surface area contributed by atoms with Gasteiger partial charge in [-0.2, -0.15) is 0 Å². The van der Waals surface area contributed by atoms with Gasteiger partial charge in [0.2, 0.25) is 3.79 Å². The largest absolute Gasteiger partial charge is 0.508 e. The molecule has 0 bridgehead atoms. The van der Waals surface area contributed by atoms with E-state index in [1.165, 1.54) is 0 Å². The first-order valence-corrected chi connectivity index (χ1v) is 3.89. The maximum atomic E-state index is 10.5. The summed E-state index contributed by atoms with van der Waals surface area (Å²) in [5, 5.41) is 0. The average molecular weight is 235 g/mol. The Morgan fingerprint density at radius 1 is 1.33 bits per heavy atom. The lowest BCUT2D eigenvalue weighted by molar-refractivity contribution is -0.111. The van der Waals surface area contributed by atoms with Gasteiger partial charge in [0.25, 0.3) is 0 Å². The van der Waals surface area contributed by atoms with Gasteiger partial charge >= 0.3 is 6.16 Å². The van der Waals surface area contributed by atoms with E-state index in [0.717, 1.165) is 0 Å². The first-order valence-electron chi connectivity index (χ1n) is 2.75. The van der Waals surface area contributed by atoms with Crippen LogP contribution in [0.5, 0.6) is 0 Å². The molecule has 0 spiro atoms. The van der Waals surface area contributed by atoms with Crippen LogP contribution in [-0.4, -0.2) is 29.4 Å². The minimum absolute atomic E-state index is 0.376. The van der Waals surface area contributed by atoms with Crippen LogP contribution in [0.3, 0.4) is 0 Å². The maximum Gasteiger partial charge on any atom is 0.508 e. The second-order valence-corrected chi connectivity index (χ2v) is 4.15. The summed E-state index contributed by atoms with van der Waals surface area (Å²) in [6.45, 7) is -0.798. The molecule has 0 unspecified atom stereocenters. The van der Waals surface area contributed by atoms with E-state index in [1.54, 1.807) is 0 Å². The summed E-state index contributed by atoms with van der Waals surface area (Å²) >= 11 is 15.7. The van der Waals surface area contributed by atoms with E-state index >= 15 is 0 Å². The topological polar surface area (TPSA) is 52.6 Å². The number of aldehydes is 1. The van der Waals surface area contributed by atoms with Gasteiger partial charge in [0.1, 0.15) is 6.61 Å². The van der Waals surface area contributed by atoms with Crippen molar-refractivity contribution in [1.29, 1.82) is 0 Å². The van der Waals surface area contributed by atoms with E-state index in [4.69, 9.17) is 34.8 Å². The van der Waals surface area contributed by atoms with E-state index in [-0.39, 0.29) is 6.61 Å². The summed E-state index contributed by atoms with van der Waals surface area (Å²) in [7, 11) is 0. The molecule has 0 amide bonds. The van der Waals surface area contributed by atoms with Crippen LogP contribution in [0.15, 0.2) is 0 Å². The van der Waals surface area contributed by atoms with E-state index in [0.29, 0.717) is 6.29 Å². The molecule has 0 aromatic rings. The quantitative estimate of drug-likeness (QED) is 0.424. The first-order chi connectivity index (χ1) is 5.45. The number of carbonyl (C=O) groups is 2. The van der Waals surface area contributed by atoms with Crippen molar-refractivity contribution in [3.63, 3.8) is 0 Å². The van der Waals surface area contributed by atoms with Crippen LogP contribution in [0.4, 0.5) is 4.79 Å². The van der Waals surface area contributed by atoms with Crippen molar-refractivity contribution >= 4 is 47.2 Å². The molecule has 7 heteroatoms. The average Bonchev–Trinajstić information content (AvgIpc) is 1.95. The van der Waals surface area contributed by atoms with Crippen LogP contribution >= 0.6 is 34.8 Å². The van der Waals surface area contributed by atoms with Gasteiger partial charge in [-0.3, -0.25) is 4.79 Å². The standard InChI is InChI=1S/C5H5Cl3O4/c6-5(7,8)3-12-4(10)11-2-1-9/h1H,2-3H2. The molecular weight excluding hydrogens is 230 g/mol. The van der Waals surface area contributed by atoms with Crippen molar-refractivity contribution in [2.75, 3.05) is 13.2 Å². The molecule has 0 fully saturated rings. The van der Waals surface area contributed by atoms with Gasteiger partial charge in [-0.25, -0.2) is 4.79 Å². The van der Waals surface area contributed by atoms with Crippen molar-refractivity contribution in [1.82, 2.24) is 0 Å². The van der Waals surface area contributed by atoms with Crippen molar-refractivity contribution in [3.05, 3.63) is 0 Å². The van der Waals surface area contributed by atoms with Gasteiger partial charge in [0, 0.05) is 0 Å². The Balaban J connectivity index is 3.51. The number of halogens is 3. The minimum Gasteiger partial charge on any atom is -0.430 e. The van der Waals surface area contributed by atoms with Gasteiger partial charge in [-0.1, -0.05) is 34.8 Å². The lowest BCUT2D eigenvalue weighted by Gasteiger charge is -2.09. The molecule has 12 heavy (non-hydrogen) atoms. The predicted molar refractivity (Wildman–Crippen MR) is 43.7 cm³/mol. The predicted octanol–water partition coefficient (Wildman–Crippen LogP) is 1.71. The molecule has 0 N–H and O–H groups in total. The van der Waals surface area contributed by atoms with Gasteiger partial charge in [0.05, 0.1) is 0 Å². The second-order valence-electron chi connectivity index (χ2n) is 1.63. The first kappa shape index (κ1) is 11.8. The zero-order chi connectivity index (χ0) is 9.61. The van der Waals surface area contributed by atoms with Gasteiger partial charge < -0.3 is 9.47 Å². The van der Waals surface area contributed by atoms with E-state index in [1.807, 2.05) is 0 Å². The molecule has 0 heterocycles. The van der Waals surface area contributed by atoms with Crippen LogP contribution in [0, 0.1) is 0 Å². The number of carbonyl (C=O) groups excluding carboxylic acids is 2. The lowest BCUT2D eigenvalue weighted by Crippen LogP contribution is -2.18. The van der Waals surface area contributed by atoms with E-state index in [2.05, 4.69) is 9.47 Å². The lowest BCUT2D eigenvalue weighted by atomic mass is 10.8. The Hall–Kier alpha value is -0.190. The number of hydrogen-bond acceptors (Lipinski definition) is 4. The Bertz CT molecular complexity index is 165. The molecule has 70 valence electrons. The van der Waals surface area contributed by atoms with E-state index < -0.39 is 16.6 Å². The minimum atomic E-state index is -1.67. The fraction of sp³-hybridized carbons (Fsp3) is 0.600. The third-order valence-electron chi connectivity index (χ3n) is 0.623. The molecule has 0 aliphatic rings. The highest BCUT2D eigenvalue weighted by atomic mass is 35.6. The van der Waals surface area contributed by atoms with Crippen LogP contribution in [-0.2, 0) is 14.3 Å². The number of alkyl halides is 3. The summed E-state index contributed by atoms with van der Waals surface area (Å²) in [4.78, 5) is 20.2. The number of rotatable bonds is 3. The molecular formula is C5H5Cl3O4. The SMILES string of the molecule is O=CCOC(=O)OCC(Cl)(Cl)Cl. The summed E-state index contributed by atoms with van der Waals surface area (Å²) in [5.74, 6) is 0. The van der Waals surface area contributed by atoms with Crippen LogP contribution < -0.4 is 0 Å². The van der Waals surface area contributed by atoms with Gasteiger partial charge in [-0.15, -0.1) is 0 Å². The number of hydrogen-bond donors (Lipinski definition) is 0. The molecule has 4 nitrogen and oxygen atoms in total. The zero-order valence-electron chi connectivity index (χ0n) is 5.76. The van der Waals surface area contributed by atoms with Gasteiger partial charge in [-0.05, 0) is 0 Å². The van der Waals surface area contributed by atoms with Crippen molar-refractivity contribution < 1.29 is 19.1 Å². The smallest absolute Gasteiger partial charge is 0.430 e. The van der Waals surface area contributed by atoms with Crippen LogP contribution in [0.2, 0.25) is 0 Å². The highest BCUT2D eigenvalue weighted by molar-refractivity contribution is 6.67. The maximum absolute atomic E-state index is 10.5. The van der Waals surface area contributed by atoms with Crippen molar-refractivity contribution in [3.8, 4) is 0 Å². The number of ether oxygens (including phenoxy) is 2. The summed E-state index contributed by atoms with van der Waals surface area (Å²) in [6.07, 6.45) is -0.648. The summed E-state index contributed by atoms with van der Waals surface area (Å²) in [5.41, 5.74) is 0. The Kier molecular flexibility index (Phi) is 5.37. The fourth-order valence-electron chi connectivity index (χ4n) is 0.284. The molecule has 0 rings (SSSR count). The Labute approximate surface area is 83.7 Å². The third kappa shape index (κ3) is 7.91. The highest BCUT2D eigenvalue weighted by Crippen LogP contribution is 2.25. The molecule has 0 aromatic carbocycles. The second kappa shape index (κ2) is 5.45. The fourth-order valence-corrected chi connectivity index (χ4v) is 0.448. The summed E-state index contributed by atoms with van der Waals surface area (Å²) in [6, 6.07) is 0. The van der Waals surface area contributed by atoms with Crippen LogP contribution in [0.25, 0.3) is 0 Å². The molecule has 0 saturated heterocycles. The Morgan fingerprint density at radius 2 is 1.92 bits per heavy atom. The van der Waals surface area contributed by atoms with Gasteiger partial charge in [0.15, 0.2) is 12.9 Å². The van der Waals surface area contributed by atoms with E-state index in [9.17, 15) is 9.59 Å². The van der Waals surface area contributed by atoms with Crippen molar-refractivity contribution in [2.45, 2.75) is 3.79 Å². The molecule has 0 saturated carbocycles. The van der Waals surface area contributed by atoms with Crippen LogP contribution in [0.1, 0.15) is 0 Å². The molecule has 0 aromatic heterocycles. The summed E-state index contributed by atoms with van der Waals surface area (Å²) < 4.78 is 6.81. The molecule has 0 aliphatic heterocycles. The Morgan fingerprint density at radius 3 is 2.33 bits per heavy atom. The third-order valence-corrected chi connectivity index (χ3v) is 0.950. The molecule has 0 aliphatic carbocycles. The highest BCUT2D eigenvalue weighted by Gasteiger charge is 2.22. The monoisotopic (exact) mass is 234 g/mol. The zero-order valence-corrected chi connectivity index (χ0v) is 8.03. The molecule has 0 radical (unpaired) electrons. The van der Waals surface area contributed by atoms with Crippen molar-refractivity contribution in [2.24, 2.45) is 0 Å². The normalized spacial score (nSPS) is 10.6. The molecule has 0 atom stereocenters.